The van der Waals surface area contributed by atoms with Crippen molar-refractivity contribution >= 4 is 17.8 Å². The number of urea groups is 1. The van der Waals surface area contributed by atoms with Crippen molar-refractivity contribution in [2.75, 3.05) is 57.7 Å². The summed E-state index contributed by atoms with van der Waals surface area (Å²) in [6, 6.07) is 9.18. The molecule has 0 bridgehead atoms. The van der Waals surface area contributed by atoms with Gasteiger partial charge >= 0.3 is 11.7 Å². The van der Waals surface area contributed by atoms with Gasteiger partial charge in [0.05, 0.1) is 11.2 Å². The number of hydrogen-bond donors (Lipinski definition) is 3. The molecule has 5 rings (SSSR count). The second-order valence-corrected chi connectivity index (χ2v) is 11.5. The maximum absolute atomic E-state index is 12.8. The van der Waals surface area contributed by atoms with Gasteiger partial charge in [-0.2, -0.15) is 4.98 Å². The number of benzene rings is 1. The van der Waals surface area contributed by atoms with Gasteiger partial charge in [-0.1, -0.05) is 12.1 Å². The molecule has 1 aliphatic carbocycles. The number of carbonyl (C=O) groups is 2. The van der Waals surface area contributed by atoms with Crippen molar-refractivity contribution in [2.45, 2.75) is 32.2 Å². The van der Waals surface area contributed by atoms with E-state index in [2.05, 4.69) is 21.3 Å². The maximum atomic E-state index is 12.8. The van der Waals surface area contributed by atoms with Crippen LogP contribution in [0.3, 0.4) is 0 Å². The molecule has 5 N–H and O–H groups in total. The van der Waals surface area contributed by atoms with Gasteiger partial charge in [-0.25, -0.2) is 9.59 Å². The third-order valence-electron chi connectivity index (χ3n) is 8.13. The number of amides is 3. The van der Waals surface area contributed by atoms with Crippen LogP contribution in [-0.4, -0.2) is 94.1 Å². The summed E-state index contributed by atoms with van der Waals surface area (Å²) in [4.78, 5) is 47.7. The van der Waals surface area contributed by atoms with Crippen molar-refractivity contribution in [1.82, 2.24) is 24.3 Å². The molecule has 3 aliphatic rings. The Bertz CT molecular complexity index is 1260. The third-order valence-corrected chi connectivity index (χ3v) is 8.13. The van der Waals surface area contributed by atoms with E-state index in [9.17, 15) is 14.4 Å². The number of fused-ring (bicyclic) bond motifs is 1. The van der Waals surface area contributed by atoms with Crippen LogP contribution in [0.5, 0.6) is 0 Å². The second-order valence-electron chi connectivity index (χ2n) is 11.5. The molecule has 1 aromatic heterocycles. The topological polar surface area (TPSA) is 143 Å². The Hall–Kier alpha value is -3.28. The highest BCUT2D eigenvalue weighted by Gasteiger charge is 2.58. The molecule has 3 fully saturated rings. The highest BCUT2D eigenvalue weighted by atomic mass is 16.2. The number of carbonyl (C=O) groups excluding carboxylic acids is 2. The zero-order valence-corrected chi connectivity index (χ0v) is 22.2. The predicted molar refractivity (Wildman–Crippen MR) is 145 cm³/mol. The largest absolute Gasteiger partial charge is 0.354 e. The van der Waals surface area contributed by atoms with Gasteiger partial charge in [-0.05, 0) is 68.3 Å². The van der Waals surface area contributed by atoms with E-state index in [1.54, 1.807) is 35.9 Å². The summed E-state index contributed by atoms with van der Waals surface area (Å²) in [5.41, 5.74) is 12.7. The number of anilines is 1. The lowest BCUT2D eigenvalue weighted by molar-refractivity contribution is -0.137. The SMILES string of the molecule is CC(C)(N)C(=O)N1CCN(C(=O)Nc2ccn(-c3cccc(CCN4CC5CC5(CN)C4)c3)c(=O)n2)CC1. The fourth-order valence-corrected chi connectivity index (χ4v) is 5.72. The van der Waals surface area contributed by atoms with E-state index >= 15 is 0 Å². The molecule has 0 radical (unpaired) electrons. The number of nitrogens with zero attached hydrogens (tertiary/aromatic N) is 5. The van der Waals surface area contributed by atoms with Crippen LogP contribution in [-0.2, 0) is 11.2 Å². The van der Waals surface area contributed by atoms with Crippen molar-refractivity contribution in [1.29, 1.82) is 0 Å². The number of nitrogens with two attached hydrogens (primary N) is 2. The number of nitrogens with one attached hydrogen (secondary N) is 1. The number of rotatable bonds is 7. The van der Waals surface area contributed by atoms with Crippen LogP contribution in [0, 0.1) is 11.3 Å². The van der Waals surface area contributed by atoms with E-state index in [1.165, 1.54) is 11.0 Å². The number of hydrogen-bond acceptors (Lipinski definition) is 7. The van der Waals surface area contributed by atoms with E-state index < -0.39 is 11.2 Å². The average Bonchev–Trinajstić information content (AvgIpc) is 3.46. The second kappa shape index (κ2) is 10.1. The summed E-state index contributed by atoms with van der Waals surface area (Å²) in [5, 5.41) is 2.70. The van der Waals surface area contributed by atoms with Gasteiger partial charge in [-0.15, -0.1) is 0 Å². The Morgan fingerprint density at radius 1 is 1.16 bits per heavy atom. The first-order chi connectivity index (χ1) is 18.1. The van der Waals surface area contributed by atoms with Crippen LogP contribution in [0.4, 0.5) is 10.6 Å². The molecule has 2 saturated heterocycles. The fourth-order valence-electron chi connectivity index (χ4n) is 5.72. The van der Waals surface area contributed by atoms with Crippen molar-refractivity contribution in [2.24, 2.45) is 22.8 Å². The Kier molecular flexibility index (Phi) is 7.01. The van der Waals surface area contributed by atoms with Gasteiger partial charge in [0.2, 0.25) is 5.91 Å². The molecular weight excluding hydrogens is 484 g/mol. The highest BCUT2D eigenvalue weighted by molar-refractivity contribution is 5.89. The van der Waals surface area contributed by atoms with Crippen LogP contribution in [0.2, 0.25) is 0 Å². The molecule has 2 unspecified atom stereocenters. The Labute approximate surface area is 222 Å². The molecule has 3 amide bonds. The molecule has 11 heteroatoms. The summed E-state index contributed by atoms with van der Waals surface area (Å²) < 4.78 is 1.48. The number of piperidine rings is 1. The van der Waals surface area contributed by atoms with Gasteiger partial charge in [0.25, 0.3) is 0 Å². The lowest BCUT2D eigenvalue weighted by Gasteiger charge is -2.37. The standard InChI is InChI=1S/C27H38N8O3/c1-26(2,29)23(36)33-10-12-34(13-11-33)24(37)30-22-7-9-35(25(38)31-22)21-5-3-4-19(14-21)6-8-32-16-20-15-27(20,17-28)18-32/h3-5,7,9,14,20H,6,8,10-13,15-18,28-29H2,1-2H3,(H,30,31,37,38). The minimum absolute atomic E-state index is 0.139. The lowest BCUT2D eigenvalue weighted by atomic mass is 10.1. The van der Waals surface area contributed by atoms with Gasteiger partial charge in [0, 0.05) is 52.0 Å². The highest BCUT2D eigenvalue weighted by Crippen LogP contribution is 2.56. The molecule has 3 heterocycles. The molecule has 0 spiro atoms. The van der Waals surface area contributed by atoms with Crippen molar-refractivity contribution in [3.05, 3.63) is 52.6 Å². The first-order valence-electron chi connectivity index (χ1n) is 13.3. The summed E-state index contributed by atoms with van der Waals surface area (Å²) in [7, 11) is 0. The van der Waals surface area contributed by atoms with Gasteiger partial charge in [0.1, 0.15) is 5.82 Å². The quantitative estimate of drug-likeness (QED) is 0.480. The molecule has 204 valence electrons. The third kappa shape index (κ3) is 5.45. The fraction of sp³-hybridized carbons (Fsp3) is 0.556. The van der Waals surface area contributed by atoms with Crippen LogP contribution < -0.4 is 22.5 Å². The van der Waals surface area contributed by atoms with Crippen molar-refractivity contribution in [3.8, 4) is 5.69 Å². The van der Waals surface area contributed by atoms with E-state index in [1.807, 2.05) is 18.2 Å². The van der Waals surface area contributed by atoms with E-state index in [4.69, 9.17) is 11.5 Å². The summed E-state index contributed by atoms with van der Waals surface area (Å²) >= 11 is 0. The molecular formula is C27H38N8O3. The normalized spacial score (nSPS) is 23.3. The van der Waals surface area contributed by atoms with Crippen LogP contribution in [0.15, 0.2) is 41.3 Å². The zero-order valence-electron chi connectivity index (χ0n) is 22.2. The lowest BCUT2D eigenvalue weighted by Crippen LogP contribution is -2.58. The van der Waals surface area contributed by atoms with Gasteiger partial charge < -0.3 is 26.2 Å². The Balaban J connectivity index is 1.16. The summed E-state index contributed by atoms with van der Waals surface area (Å²) in [6.07, 6.45) is 3.80. The predicted octanol–water partition coefficient (Wildman–Crippen LogP) is 0.469. The summed E-state index contributed by atoms with van der Waals surface area (Å²) in [6.45, 7) is 8.89. The smallest absolute Gasteiger partial charge is 0.338 e. The number of piperazine rings is 1. The van der Waals surface area contributed by atoms with E-state index in [0.29, 0.717) is 31.6 Å². The summed E-state index contributed by atoms with van der Waals surface area (Å²) in [5.74, 6) is 0.815. The van der Waals surface area contributed by atoms with Crippen molar-refractivity contribution < 1.29 is 9.59 Å². The van der Waals surface area contributed by atoms with Crippen molar-refractivity contribution in [3.63, 3.8) is 0 Å². The minimum Gasteiger partial charge on any atom is -0.338 e. The number of aromatic nitrogens is 2. The number of likely N-dealkylation sites (tertiary alicyclic amines) is 1. The maximum Gasteiger partial charge on any atom is 0.354 e. The van der Waals surface area contributed by atoms with E-state index in [0.717, 1.165) is 49.8 Å². The molecule has 2 atom stereocenters. The van der Waals surface area contributed by atoms with Crippen LogP contribution in [0.25, 0.3) is 5.69 Å². The first-order valence-corrected chi connectivity index (χ1v) is 13.3. The van der Waals surface area contributed by atoms with Gasteiger partial charge in [0.15, 0.2) is 0 Å². The van der Waals surface area contributed by atoms with Gasteiger partial charge in [-0.3, -0.25) is 14.7 Å². The minimum atomic E-state index is -0.945. The average molecular weight is 523 g/mol. The molecule has 1 saturated carbocycles. The van der Waals surface area contributed by atoms with E-state index in [-0.39, 0.29) is 17.8 Å². The molecule has 2 aromatic rings. The first kappa shape index (κ1) is 26.3. The zero-order chi connectivity index (χ0) is 27.1. The molecule has 2 aliphatic heterocycles. The van der Waals surface area contributed by atoms with Crippen LogP contribution >= 0.6 is 0 Å². The molecule has 11 nitrogen and oxygen atoms in total. The Morgan fingerprint density at radius 2 is 1.89 bits per heavy atom. The molecule has 1 aromatic carbocycles. The Morgan fingerprint density at radius 3 is 2.55 bits per heavy atom. The van der Waals surface area contributed by atoms with Crippen LogP contribution in [0.1, 0.15) is 25.8 Å². The molecule has 38 heavy (non-hydrogen) atoms. The monoisotopic (exact) mass is 522 g/mol.